The average molecular weight is 442 g/mol. The fourth-order valence-electron chi connectivity index (χ4n) is 2.30. The molecule has 0 unspecified atom stereocenters. The molecular weight excluding hydrogens is 429 g/mol. The second-order valence-electron chi connectivity index (χ2n) is 5.88. The van der Waals surface area contributed by atoms with Crippen molar-refractivity contribution in [2.45, 2.75) is 11.1 Å². The largest absolute Gasteiger partial charge is 0.457 e. The summed E-state index contributed by atoms with van der Waals surface area (Å²) in [6.45, 7) is 0. The van der Waals surface area contributed by atoms with Gasteiger partial charge >= 0.3 is 6.18 Å². The number of thiazole rings is 1. The first-order valence-electron chi connectivity index (χ1n) is 7.93. The Kier molecular flexibility index (Phi) is 5.62. The van der Waals surface area contributed by atoms with Crippen LogP contribution in [0.5, 0.6) is 11.5 Å². The van der Waals surface area contributed by atoms with Crippen molar-refractivity contribution in [3.05, 3.63) is 64.6 Å². The van der Waals surface area contributed by atoms with Crippen molar-refractivity contribution in [3.8, 4) is 11.5 Å². The van der Waals surface area contributed by atoms with Gasteiger partial charge in [-0.1, -0.05) is 0 Å². The number of aromatic nitrogens is 1. The van der Waals surface area contributed by atoms with Crippen molar-refractivity contribution in [3.63, 3.8) is 0 Å². The topological polar surface area (TPSA) is 85.4 Å². The third-order valence-corrected chi connectivity index (χ3v) is 5.51. The standard InChI is InChI=1S/C18H13F3N2O4S2/c1-29(25,26)15-4-2-13(3-5-15)27-14-9-11(18(19,20)21)8-12(10-14)23-16(24)17-22-6-7-28-17/h2-10H,1H3,(H,23,24). The van der Waals surface area contributed by atoms with Gasteiger partial charge < -0.3 is 10.1 Å². The maximum Gasteiger partial charge on any atom is 0.416 e. The van der Waals surface area contributed by atoms with Crippen LogP contribution in [0.3, 0.4) is 0 Å². The Morgan fingerprint density at radius 3 is 2.34 bits per heavy atom. The van der Waals surface area contributed by atoms with Crippen molar-refractivity contribution >= 4 is 32.8 Å². The van der Waals surface area contributed by atoms with Crippen LogP contribution in [0.25, 0.3) is 0 Å². The molecule has 0 radical (unpaired) electrons. The summed E-state index contributed by atoms with van der Waals surface area (Å²) in [4.78, 5) is 15.9. The summed E-state index contributed by atoms with van der Waals surface area (Å²) >= 11 is 1.04. The Bertz CT molecular complexity index is 1130. The van der Waals surface area contributed by atoms with Crippen LogP contribution in [0.1, 0.15) is 15.4 Å². The predicted molar refractivity (Wildman–Crippen MR) is 101 cm³/mol. The number of halogens is 3. The van der Waals surface area contributed by atoms with Crippen molar-refractivity contribution < 1.29 is 31.1 Å². The quantitative estimate of drug-likeness (QED) is 0.624. The number of hydrogen-bond acceptors (Lipinski definition) is 6. The molecule has 11 heteroatoms. The Hall–Kier alpha value is -2.92. The van der Waals surface area contributed by atoms with Gasteiger partial charge in [-0.15, -0.1) is 11.3 Å². The summed E-state index contributed by atoms with van der Waals surface area (Å²) < 4.78 is 68.1. The van der Waals surface area contributed by atoms with Gasteiger partial charge in [-0.2, -0.15) is 13.2 Å². The predicted octanol–water partition coefficient (Wildman–Crippen LogP) is 4.61. The van der Waals surface area contributed by atoms with E-state index in [0.717, 1.165) is 29.7 Å². The highest BCUT2D eigenvalue weighted by molar-refractivity contribution is 7.90. The number of carbonyl (C=O) groups excluding carboxylic acids is 1. The number of nitrogens with one attached hydrogen (secondary N) is 1. The molecule has 1 amide bonds. The number of alkyl halides is 3. The Balaban J connectivity index is 1.90. The number of carbonyl (C=O) groups is 1. The van der Waals surface area contributed by atoms with Crippen LogP contribution in [-0.4, -0.2) is 25.6 Å². The molecule has 29 heavy (non-hydrogen) atoms. The van der Waals surface area contributed by atoms with E-state index in [1.807, 2.05) is 0 Å². The van der Waals surface area contributed by atoms with Crippen LogP contribution in [-0.2, 0) is 16.0 Å². The van der Waals surface area contributed by atoms with Gasteiger partial charge in [-0.05, 0) is 36.4 Å². The molecule has 0 spiro atoms. The number of sulfone groups is 1. The molecule has 0 aliphatic heterocycles. The molecule has 6 nitrogen and oxygen atoms in total. The van der Waals surface area contributed by atoms with Gasteiger partial charge in [0.25, 0.3) is 5.91 Å². The molecule has 0 aliphatic carbocycles. The van der Waals surface area contributed by atoms with Gasteiger partial charge in [0.15, 0.2) is 14.8 Å². The minimum Gasteiger partial charge on any atom is -0.457 e. The van der Waals surface area contributed by atoms with E-state index in [2.05, 4.69) is 10.3 Å². The SMILES string of the molecule is CS(=O)(=O)c1ccc(Oc2cc(NC(=O)c3nccs3)cc(C(F)(F)F)c2)cc1. The lowest BCUT2D eigenvalue weighted by atomic mass is 10.1. The zero-order valence-electron chi connectivity index (χ0n) is 14.7. The second kappa shape index (κ2) is 7.84. The zero-order valence-corrected chi connectivity index (χ0v) is 16.4. The number of anilines is 1. The lowest BCUT2D eigenvalue weighted by Gasteiger charge is -2.13. The van der Waals surface area contributed by atoms with Crippen LogP contribution in [0.4, 0.5) is 18.9 Å². The molecular formula is C18H13F3N2O4S2. The fourth-order valence-corrected chi connectivity index (χ4v) is 3.47. The van der Waals surface area contributed by atoms with E-state index in [1.54, 1.807) is 5.38 Å². The number of amides is 1. The number of hydrogen-bond donors (Lipinski definition) is 1. The van der Waals surface area contributed by atoms with E-state index in [0.29, 0.717) is 0 Å². The lowest BCUT2D eigenvalue weighted by molar-refractivity contribution is -0.137. The first-order chi connectivity index (χ1) is 13.5. The third-order valence-electron chi connectivity index (χ3n) is 3.61. The van der Waals surface area contributed by atoms with Gasteiger partial charge in [0.1, 0.15) is 11.5 Å². The maximum atomic E-state index is 13.2. The number of nitrogens with zero attached hydrogens (tertiary/aromatic N) is 1. The van der Waals surface area contributed by atoms with E-state index in [4.69, 9.17) is 4.74 Å². The average Bonchev–Trinajstić information content (AvgIpc) is 3.15. The normalized spacial score (nSPS) is 11.9. The smallest absolute Gasteiger partial charge is 0.416 e. The summed E-state index contributed by atoms with van der Waals surface area (Å²) in [6.07, 6.45) is -2.23. The Morgan fingerprint density at radius 1 is 1.10 bits per heavy atom. The maximum absolute atomic E-state index is 13.2. The van der Waals surface area contributed by atoms with Gasteiger partial charge in [0, 0.05) is 29.6 Å². The molecule has 1 heterocycles. The monoisotopic (exact) mass is 442 g/mol. The fraction of sp³-hybridized carbons (Fsp3) is 0.111. The minimum atomic E-state index is -4.67. The van der Waals surface area contributed by atoms with Crippen LogP contribution >= 0.6 is 11.3 Å². The van der Waals surface area contributed by atoms with Crippen LogP contribution in [0.2, 0.25) is 0 Å². The summed E-state index contributed by atoms with van der Waals surface area (Å²) in [5.41, 5.74) is -1.14. The number of ether oxygens (including phenoxy) is 1. The highest BCUT2D eigenvalue weighted by Gasteiger charge is 2.32. The zero-order chi connectivity index (χ0) is 21.2. The third kappa shape index (κ3) is 5.33. The Labute approximate surface area is 167 Å². The van der Waals surface area contributed by atoms with Crippen LogP contribution in [0.15, 0.2) is 58.9 Å². The highest BCUT2D eigenvalue weighted by Crippen LogP contribution is 2.36. The first kappa shape index (κ1) is 20.8. The van der Waals surface area contributed by atoms with Crippen molar-refractivity contribution in [1.29, 1.82) is 0 Å². The molecule has 3 aromatic rings. The molecule has 2 aromatic carbocycles. The van der Waals surface area contributed by atoms with E-state index in [9.17, 15) is 26.4 Å². The molecule has 0 bridgehead atoms. The first-order valence-corrected chi connectivity index (χ1v) is 10.7. The summed E-state index contributed by atoms with van der Waals surface area (Å²) in [6, 6.07) is 8.00. The van der Waals surface area contributed by atoms with Crippen LogP contribution < -0.4 is 10.1 Å². The van der Waals surface area contributed by atoms with Gasteiger partial charge in [-0.25, -0.2) is 13.4 Å². The van der Waals surface area contributed by atoms with E-state index >= 15 is 0 Å². The van der Waals surface area contributed by atoms with Gasteiger partial charge in [-0.3, -0.25) is 4.79 Å². The van der Waals surface area contributed by atoms with Crippen LogP contribution in [0, 0.1) is 0 Å². The number of benzene rings is 2. The molecule has 0 fully saturated rings. The number of rotatable bonds is 5. The molecule has 0 saturated heterocycles. The summed E-state index contributed by atoms with van der Waals surface area (Å²) in [5.74, 6) is -0.696. The van der Waals surface area contributed by atoms with E-state index in [-0.39, 0.29) is 27.1 Å². The van der Waals surface area contributed by atoms with E-state index < -0.39 is 27.5 Å². The highest BCUT2D eigenvalue weighted by atomic mass is 32.2. The summed E-state index contributed by atoms with van der Waals surface area (Å²) in [5, 5.41) is 4.03. The van der Waals surface area contributed by atoms with E-state index in [1.165, 1.54) is 36.5 Å². The molecule has 0 atom stereocenters. The summed E-state index contributed by atoms with van der Waals surface area (Å²) in [7, 11) is -3.42. The molecule has 152 valence electrons. The molecule has 1 aromatic heterocycles. The molecule has 1 N–H and O–H groups in total. The molecule has 0 aliphatic rings. The lowest BCUT2D eigenvalue weighted by Crippen LogP contribution is -2.13. The molecule has 3 rings (SSSR count). The Morgan fingerprint density at radius 2 is 1.79 bits per heavy atom. The van der Waals surface area contributed by atoms with Crippen molar-refractivity contribution in [2.75, 3.05) is 11.6 Å². The van der Waals surface area contributed by atoms with Crippen molar-refractivity contribution in [1.82, 2.24) is 4.98 Å². The molecule has 0 saturated carbocycles. The van der Waals surface area contributed by atoms with Gasteiger partial charge in [0.2, 0.25) is 0 Å². The second-order valence-corrected chi connectivity index (χ2v) is 8.79. The van der Waals surface area contributed by atoms with Crippen molar-refractivity contribution in [2.24, 2.45) is 0 Å². The minimum absolute atomic E-state index is 0.0466. The van der Waals surface area contributed by atoms with Gasteiger partial charge in [0.05, 0.1) is 10.5 Å².